The van der Waals surface area contributed by atoms with Crippen LogP contribution >= 0.6 is 0 Å². The van der Waals surface area contributed by atoms with E-state index < -0.39 is 0 Å². The third kappa shape index (κ3) is 10.2. The molecule has 2 atom stereocenters. The molecule has 0 spiro atoms. The molecule has 0 saturated heterocycles. The average molecular weight is 369 g/mol. The topological polar surface area (TPSA) is 52.6 Å². The first-order chi connectivity index (χ1) is 12.4. The highest BCUT2D eigenvalue weighted by molar-refractivity contribution is 5.76. The zero-order valence-corrected chi connectivity index (χ0v) is 17.4. The minimum Gasteiger partial charge on any atom is -0.465 e. The van der Waals surface area contributed by atoms with E-state index in [1.165, 1.54) is 19.3 Å². The van der Waals surface area contributed by atoms with Crippen molar-refractivity contribution in [3.8, 4) is 0 Å². The molecule has 26 heavy (non-hydrogen) atoms. The first-order valence-corrected chi connectivity index (χ1v) is 10.7. The Labute approximate surface area is 160 Å². The molecule has 152 valence electrons. The molecule has 1 fully saturated rings. The first kappa shape index (κ1) is 23.0. The predicted molar refractivity (Wildman–Crippen MR) is 105 cm³/mol. The highest BCUT2D eigenvalue weighted by Gasteiger charge is 2.32. The lowest BCUT2D eigenvalue weighted by Gasteiger charge is -2.26. The third-order valence-electron chi connectivity index (χ3n) is 5.20. The fourth-order valence-corrected chi connectivity index (χ4v) is 3.43. The molecule has 1 aliphatic carbocycles. The lowest BCUT2D eigenvalue weighted by molar-refractivity contribution is -0.155. The van der Waals surface area contributed by atoms with Crippen LogP contribution in [0.15, 0.2) is 0 Å². The van der Waals surface area contributed by atoms with E-state index in [2.05, 4.69) is 27.7 Å². The fraction of sp³-hybridized carbons (Fsp3) is 0.909. The summed E-state index contributed by atoms with van der Waals surface area (Å²) in [5.41, 5.74) is 0. The Bertz CT molecular complexity index is 403. The Hall–Kier alpha value is -1.06. The van der Waals surface area contributed by atoms with E-state index in [0.29, 0.717) is 25.6 Å². The van der Waals surface area contributed by atoms with E-state index in [-0.39, 0.29) is 23.8 Å². The van der Waals surface area contributed by atoms with Gasteiger partial charge in [0, 0.05) is 0 Å². The average Bonchev–Trinajstić information content (AvgIpc) is 2.60. The number of hydrogen-bond acceptors (Lipinski definition) is 4. The van der Waals surface area contributed by atoms with Crippen molar-refractivity contribution in [2.75, 3.05) is 13.2 Å². The largest absolute Gasteiger partial charge is 0.465 e. The normalized spacial score (nSPS) is 20.4. The van der Waals surface area contributed by atoms with Gasteiger partial charge in [-0.1, -0.05) is 59.8 Å². The number of unbranched alkanes of at least 4 members (excludes halogenated alkanes) is 3. The Morgan fingerprint density at radius 3 is 1.88 bits per heavy atom. The van der Waals surface area contributed by atoms with Gasteiger partial charge in [0.05, 0.1) is 25.0 Å². The summed E-state index contributed by atoms with van der Waals surface area (Å²) in [6.45, 7) is 9.73. The summed E-state index contributed by atoms with van der Waals surface area (Å²) >= 11 is 0. The molecule has 0 N–H and O–H groups in total. The maximum absolute atomic E-state index is 12.3. The molecule has 0 aliphatic heterocycles. The van der Waals surface area contributed by atoms with Crippen LogP contribution in [-0.4, -0.2) is 25.2 Å². The van der Waals surface area contributed by atoms with Crippen molar-refractivity contribution >= 4 is 11.9 Å². The molecular formula is C22H40O4. The summed E-state index contributed by atoms with van der Waals surface area (Å²) in [4.78, 5) is 24.5. The first-order valence-electron chi connectivity index (χ1n) is 10.7. The molecule has 0 radical (unpaired) electrons. The Kier molecular flexibility index (Phi) is 11.6. The quantitative estimate of drug-likeness (QED) is 0.335. The highest BCUT2D eigenvalue weighted by Crippen LogP contribution is 2.31. The molecule has 0 aromatic rings. The molecular weight excluding hydrogens is 328 g/mol. The van der Waals surface area contributed by atoms with Crippen LogP contribution in [0.2, 0.25) is 0 Å². The number of ether oxygens (including phenoxy) is 2. The van der Waals surface area contributed by atoms with Gasteiger partial charge in [0.15, 0.2) is 0 Å². The van der Waals surface area contributed by atoms with E-state index in [1.54, 1.807) is 0 Å². The number of carbonyl (C=O) groups excluding carboxylic acids is 2. The van der Waals surface area contributed by atoms with E-state index in [9.17, 15) is 9.59 Å². The summed E-state index contributed by atoms with van der Waals surface area (Å²) in [6.07, 6.45) is 9.86. The minimum atomic E-state index is -0.135. The molecule has 0 heterocycles. The molecule has 0 aromatic carbocycles. The summed E-state index contributed by atoms with van der Waals surface area (Å²) in [5, 5.41) is 0. The van der Waals surface area contributed by atoms with E-state index in [4.69, 9.17) is 9.47 Å². The Balaban J connectivity index is 2.18. The van der Waals surface area contributed by atoms with Gasteiger partial charge in [0.25, 0.3) is 0 Å². The van der Waals surface area contributed by atoms with Crippen LogP contribution in [0.25, 0.3) is 0 Å². The van der Waals surface area contributed by atoms with Gasteiger partial charge >= 0.3 is 11.9 Å². The summed E-state index contributed by atoms with van der Waals surface area (Å²) in [6, 6.07) is 0. The van der Waals surface area contributed by atoms with E-state index >= 15 is 0 Å². The van der Waals surface area contributed by atoms with Crippen LogP contribution in [-0.2, 0) is 19.1 Å². The van der Waals surface area contributed by atoms with Gasteiger partial charge in [-0.2, -0.15) is 0 Å². The maximum Gasteiger partial charge on any atom is 0.308 e. The van der Waals surface area contributed by atoms with Crippen molar-refractivity contribution in [1.29, 1.82) is 0 Å². The van der Waals surface area contributed by atoms with Crippen molar-refractivity contribution in [3.63, 3.8) is 0 Å². The van der Waals surface area contributed by atoms with Crippen LogP contribution < -0.4 is 0 Å². The van der Waals surface area contributed by atoms with Crippen LogP contribution in [0, 0.1) is 23.7 Å². The molecule has 4 heteroatoms. The number of carbonyl (C=O) groups is 2. The van der Waals surface area contributed by atoms with Crippen LogP contribution in [0.4, 0.5) is 0 Å². The maximum atomic E-state index is 12.3. The summed E-state index contributed by atoms with van der Waals surface area (Å²) < 4.78 is 10.8. The molecule has 0 amide bonds. The molecule has 2 unspecified atom stereocenters. The van der Waals surface area contributed by atoms with Gasteiger partial charge in [-0.15, -0.1) is 0 Å². The van der Waals surface area contributed by atoms with Crippen molar-refractivity contribution in [3.05, 3.63) is 0 Å². The monoisotopic (exact) mass is 368 g/mol. The second-order valence-electron chi connectivity index (χ2n) is 8.67. The highest BCUT2D eigenvalue weighted by atomic mass is 16.5. The van der Waals surface area contributed by atoms with Crippen molar-refractivity contribution in [2.45, 2.75) is 91.9 Å². The smallest absolute Gasteiger partial charge is 0.308 e. The van der Waals surface area contributed by atoms with E-state index in [0.717, 1.165) is 44.4 Å². The number of rotatable bonds is 12. The van der Waals surface area contributed by atoms with Crippen LogP contribution in [0.1, 0.15) is 91.9 Å². The third-order valence-corrected chi connectivity index (χ3v) is 5.20. The lowest BCUT2D eigenvalue weighted by Crippen LogP contribution is -2.30. The lowest BCUT2D eigenvalue weighted by atomic mass is 9.81. The predicted octanol–water partition coefficient (Wildman–Crippen LogP) is 5.53. The summed E-state index contributed by atoms with van der Waals surface area (Å²) in [7, 11) is 0. The van der Waals surface area contributed by atoms with Gasteiger partial charge in [0.2, 0.25) is 0 Å². The molecule has 1 rings (SSSR count). The van der Waals surface area contributed by atoms with Crippen LogP contribution in [0.5, 0.6) is 0 Å². The van der Waals surface area contributed by atoms with Gasteiger partial charge in [-0.25, -0.2) is 0 Å². The number of hydrogen-bond donors (Lipinski definition) is 0. The number of esters is 2. The van der Waals surface area contributed by atoms with Gasteiger partial charge < -0.3 is 9.47 Å². The molecule has 1 saturated carbocycles. The minimum absolute atomic E-state index is 0.119. The van der Waals surface area contributed by atoms with Gasteiger partial charge in [-0.3, -0.25) is 9.59 Å². The Morgan fingerprint density at radius 1 is 0.769 bits per heavy atom. The fourth-order valence-electron chi connectivity index (χ4n) is 3.43. The van der Waals surface area contributed by atoms with E-state index in [1.807, 2.05) is 0 Å². The standard InChI is InChI=1S/C22H40O4/c1-17(2)10-7-5-6-8-14-25-21(23)19-11-9-12-20(16-19)22(24)26-15-13-18(3)4/h17-20H,5-16H2,1-4H3. The van der Waals surface area contributed by atoms with Crippen molar-refractivity contribution in [1.82, 2.24) is 0 Å². The molecule has 1 aliphatic rings. The van der Waals surface area contributed by atoms with Crippen molar-refractivity contribution in [2.24, 2.45) is 23.7 Å². The molecule has 0 bridgehead atoms. The van der Waals surface area contributed by atoms with Crippen molar-refractivity contribution < 1.29 is 19.1 Å². The zero-order valence-electron chi connectivity index (χ0n) is 17.4. The second-order valence-corrected chi connectivity index (χ2v) is 8.67. The van der Waals surface area contributed by atoms with Gasteiger partial charge in [-0.05, 0) is 43.9 Å². The summed E-state index contributed by atoms with van der Waals surface area (Å²) in [5.74, 6) is 0.781. The SMILES string of the molecule is CC(C)CCCCCCOC(=O)C1CCCC(C(=O)OCCC(C)C)C1. The van der Waals surface area contributed by atoms with Gasteiger partial charge in [0.1, 0.15) is 0 Å². The second kappa shape index (κ2) is 13.2. The van der Waals surface area contributed by atoms with Crippen LogP contribution in [0.3, 0.4) is 0 Å². The zero-order chi connectivity index (χ0) is 19.4. The molecule has 4 nitrogen and oxygen atoms in total. The Morgan fingerprint density at radius 2 is 1.31 bits per heavy atom. The molecule has 0 aromatic heterocycles.